The first-order valence-electron chi connectivity index (χ1n) is 11.8. The number of thiazole rings is 1. The standard InChI is InChI=1S/C21H18N2S/c1-13-4-8-19(22-12-13)17-6-5-14(2)18(10-17)16-7-9-21-20(11-16)23-15(3)24-21/h4-12H,1-3H3/i1D3,2D3,3D3. The summed E-state index contributed by atoms with van der Waals surface area (Å²) in [4.78, 5) is 8.47. The highest BCUT2D eigenvalue weighted by molar-refractivity contribution is 7.18. The van der Waals surface area contributed by atoms with Crippen molar-refractivity contribution in [1.82, 2.24) is 9.97 Å². The van der Waals surface area contributed by atoms with Crippen LogP contribution in [-0.2, 0) is 0 Å². The Morgan fingerprint density at radius 1 is 0.917 bits per heavy atom. The molecule has 2 nitrogen and oxygen atoms in total. The smallest absolute Gasteiger partial charge is 0.0907 e. The van der Waals surface area contributed by atoms with E-state index in [-0.39, 0.29) is 16.1 Å². The Morgan fingerprint density at radius 3 is 2.67 bits per heavy atom. The van der Waals surface area contributed by atoms with Crippen LogP contribution in [0.15, 0.2) is 54.7 Å². The number of benzene rings is 2. The first-order valence-corrected chi connectivity index (χ1v) is 8.08. The van der Waals surface area contributed by atoms with Crippen molar-refractivity contribution < 1.29 is 12.3 Å². The summed E-state index contributed by atoms with van der Waals surface area (Å²) < 4.78 is 69.8. The van der Waals surface area contributed by atoms with Gasteiger partial charge in [-0.1, -0.05) is 24.3 Å². The van der Waals surface area contributed by atoms with Crippen molar-refractivity contribution in [1.29, 1.82) is 0 Å². The predicted molar refractivity (Wildman–Crippen MR) is 102 cm³/mol. The normalized spacial score (nSPS) is 18.2. The van der Waals surface area contributed by atoms with Crippen LogP contribution in [0.4, 0.5) is 0 Å². The highest BCUT2D eigenvalue weighted by atomic mass is 32.1. The molecule has 2 aromatic carbocycles. The lowest BCUT2D eigenvalue weighted by Crippen LogP contribution is -1.88. The molecule has 4 rings (SSSR count). The topological polar surface area (TPSA) is 25.8 Å². The van der Waals surface area contributed by atoms with Gasteiger partial charge in [0.05, 0.1) is 20.9 Å². The third kappa shape index (κ3) is 2.72. The van der Waals surface area contributed by atoms with Crippen molar-refractivity contribution in [3.63, 3.8) is 0 Å². The van der Waals surface area contributed by atoms with Crippen molar-refractivity contribution >= 4 is 21.6 Å². The molecule has 0 aliphatic carbocycles. The van der Waals surface area contributed by atoms with Gasteiger partial charge in [0, 0.05) is 24.1 Å². The zero-order valence-corrected chi connectivity index (χ0v) is 13.3. The van der Waals surface area contributed by atoms with Gasteiger partial charge in [0.15, 0.2) is 0 Å². The first kappa shape index (κ1) is 8.04. The number of rotatable bonds is 2. The summed E-state index contributed by atoms with van der Waals surface area (Å²) in [6.07, 6.45) is 1.29. The van der Waals surface area contributed by atoms with Gasteiger partial charge < -0.3 is 0 Å². The largest absolute Gasteiger partial charge is 0.256 e. The van der Waals surface area contributed by atoms with E-state index in [1.54, 1.807) is 36.4 Å². The van der Waals surface area contributed by atoms with Crippen LogP contribution in [-0.4, -0.2) is 9.97 Å². The number of hydrogen-bond donors (Lipinski definition) is 0. The Morgan fingerprint density at radius 2 is 1.88 bits per heavy atom. The molecule has 2 heterocycles. The summed E-state index contributed by atoms with van der Waals surface area (Å²) >= 11 is 1.08. The molecular weight excluding hydrogens is 312 g/mol. The van der Waals surface area contributed by atoms with Gasteiger partial charge in [-0.2, -0.15) is 0 Å². The van der Waals surface area contributed by atoms with Crippen molar-refractivity contribution in [3.8, 4) is 22.4 Å². The van der Waals surface area contributed by atoms with E-state index in [1.165, 1.54) is 18.3 Å². The molecule has 0 radical (unpaired) electrons. The van der Waals surface area contributed by atoms with E-state index in [0.717, 1.165) is 11.3 Å². The second kappa shape index (κ2) is 5.84. The Kier molecular flexibility index (Phi) is 1.96. The molecule has 118 valence electrons. The number of nitrogens with zero attached hydrogens (tertiary/aromatic N) is 2. The maximum Gasteiger partial charge on any atom is 0.0907 e. The van der Waals surface area contributed by atoms with Crippen molar-refractivity contribution in [3.05, 3.63) is 70.9 Å². The van der Waals surface area contributed by atoms with Crippen LogP contribution in [0.25, 0.3) is 32.6 Å². The van der Waals surface area contributed by atoms with Gasteiger partial charge in [0.25, 0.3) is 0 Å². The molecule has 2 aromatic heterocycles. The number of aryl methyl sites for hydroxylation is 3. The van der Waals surface area contributed by atoms with Gasteiger partial charge in [0.1, 0.15) is 0 Å². The highest BCUT2D eigenvalue weighted by Gasteiger charge is 2.08. The predicted octanol–water partition coefficient (Wildman–Crippen LogP) is 5.95. The summed E-state index contributed by atoms with van der Waals surface area (Å²) in [6, 6.07) is 13.1. The molecule has 0 saturated carbocycles. The quantitative estimate of drug-likeness (QED) is 0.451. The molecule has 0 N–H and O–H groups in total. The number of hydrogen-bond acceptors (Lipinski definition) is 3. The number of pyridine rings is 1. The minimum absolute atomic E-state index is 0.0259. The molecule has 0 amide bonds. The van der Waals surface area contributed by atoms with Crippen molar-refractivity contribution in [2.24, 2.45) is 0 Å². The SMILES string of the molecule is [2H]C([2H])([2H])c1ccc(-c2ccc(C([2H])([2H])[2H])c(-c3ccc4sc(C([2H])([2H])[2H])nc4c3)c2)nc1. The lowest BCUT2D eigenvalue weighted by atomic mass is 9.96. The summed E-state index contributed by atoms with van der Waals surface area (Å²) in [5, 5.41) is 0.0259. The summed E-state index contributed by atoms with van der Waals surface area (Å²) in [6.45, 7) is -6.97. The Bertz CT molecular complexity index is 1320. The molecule has 24 heavy (non-hydrogen) atoms. The minimum atomic E-state index is -2.38. The molecule has 3 heteroatoms. The van der Waals surface area contributed by atoms with Crippen molar-refractivity contribution in [2.75, 3.05) is 0 Å². The minimum Gasteiger partial charge on any atom is -0.256 e. The molecule has 4 aromatic rings. The molecule has 0 fully saturated rings. The van der Waals surface area contributed by atoms with E-state index in [1.807, 2.05) is 0 Å². The van der Waals surface area contributed by atoms with E-state index < -0.39 is 20.6 Å². The van der Waals surface area contributed by atoms with Gasteiger partial charge in [0.2, 0.25) is 0 Å². The van der Waals surface area contributed by atoms with Gasteiger partial charge in [-0.05, 0) is 67.1 Å². The number of fused-ring (bicyclic) bond motifs is 1. The van der Waals surface area contributed by atoms with Gasteiger partial charge in [-0.3, -0.25) is 4.98 Å². The van der Waals surface area contributed by atoms with Crippen LogP contribution in [0.2, 0.25) is 0 Å². The number of aromatic nitrogens is 2. The van der Waals surface area contributed by atoms with Gasteiger partial charge in [-0.25, -0.2) is 4.98 Å². The van der Waals surface area contributed by atoms with E-state index in [0.29, 0.717) is 32.6 Å². The molecule has 0 spiro atoms. The first-order chi connectivity index (χ1) is 15.2. The van der Waals surface area contributed by atoms with E-state index >= 15 is 0 Å². The molecule has 0 atom stereocenters. The van der Waals surface area contributed by atoms with Crippen molar-refractivity contribution in [2.45, 2.75) is 20.6 Å². The maximum absolute atomic E-state index is 7.95. The van der Waals surface area contributed by atoms with Crippen LogP contribution < -0.4 is 0 Å². The van der Waals surface area contributed by atoms with Crippen LogP contribution >= 0.6 is 11.3 Å². The zero-order chi connectivity index (χ0) is 24.2. The molecule has 0 unspecified atom stereocenters. The molecular formula is C21H18N2S. The van der Waals surface area contributed by atoms with Crippen LogP contribution in [0, 0.1) is 20.6 Å². The van der Waals surface area contributed by atoms with Crippen LogP contribution in [0.3, 0.4) is 0 Å². The zero-order valence-electron chi connectivity index (χ0n) is 21.5. The van der Waals surface area contributed by atoms with E-state index in [9.17, 15) is 0 Å². The fraction of sp³-hybridized carbons (Fsp3) is 0.143. The molecule has 0 saturated heterocycles. The molecule has 0 bridgehead atoms. The fourth-order valence-corrected chi connectivity index (χ4v) is 3.30. The summed E-state index contributed by atoms with van der Waals surface area (Å²) in [7, 11) is 0. The maximum atomic E-state index is 7.95. The third-order valence-electron chi connectivity index (χ3n) is 3.78. The average molecular weight is 340 g/mol. The summed E-state index contributed by atoms with van der Waals surface area (Å²) in [5.41, 5.74) is 2.88. The van der Waals surface area contributed by atoms with E-state index in [2.05, 4.69) is 9.97 Å². The highest BCUT2D eigenvalue weighted by Crippen LogP contribution is 2.32. The lowest BCUT2D eigenvalue weighted by molar-refractivity contribution is 1.27. The Hall–Kier alpha value is -2.52. The second-order valence-corrected chi connectivity index (χ2v) is 6.42. The third-order valence-corrected chi connectivity index (χ3v) is 4.63. The van der Waals surface area contributed by atoms with Gasteiger partial charge in [-0.15, -0.1) is 11.3 Å². The molecule has 0 aliphatic rings. The average Bonchev–Trinajstić information content (AvgIpc) is 3.16. The van der Waals surface area contributed by atoms with Crippen LogP contribution in [0.1, 0.15) is 28.5 Å². The van der Waals surface area contributed by atoms with E-state index in [4.69, 9.17) is 12.3 Å². The molecule has 0 aliphatic heterocycles. The summed E-state index contributed by atoms with van der Waals surface area (Å²) in [5.74, 6) is 0. The lowest BCUT2D eigenvalue weighted by Gasteiger charge is -2.09. The van der Waals surface area contributed by atoms with Gasteiger partial charge >= 0.3 is 0 Å². The Labute approximate surface area is 158 Å². The fourth-order valence-electron chi connectivity index (χ4n) is 2.60. The second-order valence-electron chi connectivity index (χ2n) is 5.39. The van der Waals surface area contributed by atoms with Crippen LogP contribution in [0.5, 0.6) is 0 Å². The Balaban J connectivity index is 1.84. The monoisotopic (exact) mass is 339 g/mol.